The Hall–Kier alpha value is -3.91. The summed E-state index contributed by atoms with van der Waals surface area (Å²) < 4.78 is 18.8. The Morgan fingerprint density at radius 1 is 1.00 bits per heavy atom. The molecule has 0 saturated carbocycles. The number of rotatable bonds is 9. The molecule has 0 saturated heterocycles. The zero-order chi connectivity index (χ0) is 28.6. The van der Waals surface area contributed by atoms with E-state index >= 15 is 0 Å². The van der Waals surface area contributed by atoms with Crippen LogP contribution in [0.2, 0.25) is 0 Å². The second kappa shape index (κ2) is 11.3. The van der Waals surface area contributed by atoms with E-state index in [9.17, 15) is 14.4 Å². The maximum absolute atomic E-state index is 13.9. The highest BCUT2D eigenvalue weighted by Crippen LogP contribution is 2.43. The highest BCUT2D eigenvalue weighted by atomic mass is 79.9. The lowest BCUT2D eigenvalue weighted by Crippen LogP contribution is -2.29. The van der Waals surface area contributed by atoms with E-state index in [2.05, 4.69) is 29.8 Å². The zero-order valence-electron chi connectivity index (χ0n) is 22.8. The van der Waals surface area contributed by atoms with Gasteiger partial charge in [0.15, 0.2) is 22.7 Å². The lowest BCUT2D eigenvalue weighted by atomic mass is 9.97. The first kappa shape index (κ1) is 27.6. The topological polar surface area (TPSA) is 86.0 Å². The van der Waals surface area contributed by atoms with Crippen LogP contribution in [-0.2, 0) is 0 Å². The predicted octanol–water partition coefficient (Wildman–Crippen LogP) is 7.33. The van der Waals surface area contributed by atoms with Crippen molar-refractivity contribution in [2.75, 3.05) is 18.1 Å². The minimum Gasteiger partial charge on any atom is -0.490 e. The molecule has 206 valence electrons. The van der Waals surface area contributed by atoms with Crippen molar-refractivity contribution in [3.63, 3.8) is 0 Å². The minimum atomic E-state index is -0.783. The number of ether oxygens (including phenoxy) is 2. The fraction of sp³-hybridized carbons (Fsp3) is 0.281. The fourth-order valence-corrected chi connectivity index (χ4v) is 5.23. The maximum Gasteiger partial charge on any atom is 0.295 e. The molecule has 1 unspecified atom stereocenters. The smallest absolute Gasteiger partial charge is 0.295 e. The quantitative estimate of drug-likeness (QED) is 0.186. The number of hydrogen-bond acceptors (Lipinski definition) is 6. The summed E-state index contributed by atoms with van der Waals surface area (Å²) in [6, 6.07) is 16.6. The van der Waals surface area contributed by atoms with E-state index in [0.29, 0.717) is 58.4 Å². The summed E-state index contributed by atoms with van der Waals surface area (Å²) >= 11 is 3.43. The Kier molecular flexibility index (Phi) is 7.81. The SMILES string of the molecule is CCOc1cc(C2c3c(oc4ccc(Br)cc4c3=O)C(=O)N2c2ccc(C(C)=O)cc2)ccc1OCCC(C)C. The summed E-state index contributed by atoms with van der Waals surface area (Å²) in [5, 5.41) is 0.373. The number of Topliss-reactive ketones (excluding diaryl/α,β-unsaturated/α-hetero) is 1. The molecule has 40 heavy (non-hydrogen) atoms. The number of hydrogen-bond donors (Lipinski definition) is 0. The van der Waals surface area contributed by atoms with Crippen LogP contribution in [0.3, 0.4) is 0 Å². The van der Waals surface area contributed by atoms with Gasteiger partial charge in [-0.1, -0.05) is 35.8 Å². The molecule has 0 fully saturated rings. The number of nitrogens with zero attached hydrogens (tertiary/aromatic N) is 1. The van der Waals surface area contributed by atoms with Crippen LogP contribution in [0.15, 0.2) is 74.3 Å². The summed E-state index contributed by atoms with van der Waals surface area (Å²) in [4.78, 5) is 41.3. The van der Waals surface area contributed by atoms with Gasteiger partial charge in [-0.3, -0.25) is 19.3 Å². The Morgan fingerprint density at radius 2 is 1.75 bits per heavy atom. The summed E-state index contributed by atoms with van der Waals surface area (Å²) in [6.07, 6.45) is 0.894. The molecule has 0 radical (unpaired) electrons. The van der Waals surface area contributed by atoms with E-state index in [1.54, 1.807) is 42.5 Å². The van der Waals surface area contributed by atoms with Crippen molar-refractivity contribution >= 4 is 44.3 Å². The van der Waals surface area contributed by atoms with Crippen molar-refractivity contribution in [2.24, 2.45) is 5.92 Å². The van der Waals surface area contributed by atoms with Crippen LogP contribution in [0.4, 0.5) is 5.69 Å². The molecule has 4 aromatic rings. The molecule has 2 heterocycles. The molecule has 1 aliphatic rings. The number of carbonyl (C=O) groups is 2. The van der Waals surface area contributed by atoms with Crippen LogP contribution in [-0.4, -0.2) is 24.9 Å². The van der Waals surface area contributed by atoms with Crippen molar-refractivity contribution in [1.29, 1.82) is 0 Å². The highest BCUT2D eigenvalue weighted by molar-refractivity contribution is 9.10. The fourth-order valence-electron chi connectivity index (χ4n) is 4.87. The summed E-state index contributed by atoms with van der Waals surface area (Å²) in [5.74, 6) is 1.10. The van der Waals surface area contributed by atoms with Crippen LogP contribution in [0.5, 0.6) is 11.5 Å². The molecule has 0 bridgehead atoms. The van der Waals surface area contributed by atoms with E-state index in [1.807, 2.05) is 25.1 Å². The second-order valence-electron chi connectivity index (χ2n) is 10.2. The minimum absolute atomic E-state index is 0.00399. The van der Waals surface area contributed by atoms with Crippen LogP contribution in [0.25, 0.3) is 11.0 Å². The summed E-state index contributed by atoms with van der Waals surface area (Å²) in [5.41, 5.74) is 2.03. The molecule has 8 heteroatoms. The Bertz CT molecular complexity index is 1660. The number of anilines is 1. The highest BCUT2D eigenvalue weighted by Gasteiger charge is 2.44. The first-order chi connectivity index (χ1) is 19.2. The molecule has 1 aliphatic heterocycles. The Balaban J connectivity index is 1.69. The van der Waals surface area contributed by atoms with E-state index in [4.69, 9.17) is 13.9 Å². The average molecular weight is 604 g/mol. The third kappa shape index (κ3) is 5.16. The van der Waals surface area contributed by atoms with Crippen LogP contribution in [0, 0.1) is 5.92 Å². The monoisotopic (exact) mass is 603 g/mol. The van der Waals surface area contributed by atoms with Gasteiger partial charge in [-0.25, -0.2) is 0 Å². The second-order valence-corrected chi connectivity index (χ2v) is 11.1. The van der Waals surface area contributed by atoms with Crippen LogP contribution in [0.1, 0.15) is 72.2 Å². The van der Waals surface area contributed by atoms with E-state index in [0.717, 1.165) is 10.9 Å². The Morgan fingerprint density at radius 3 is 2.42 bits per heavy atom. The van der Waals surface area contributed by atoms with Crippen molar-refractivity contribution in [1.82, 2.24) is 0 Å². The lowest BCUT2D eigenvalue weighted by molar-refractivity contribution is 0.0970. The molecule has 7 nitrogen and oxygen atoms in total. The van der Waals surface area contributed by atoms with Crippen LogP contribution < -0.4 is 19.8 Å². The molecular weight excluding hydrogens is 574 g/mol. The van der Waals surface area contributed by atoms with E-state index < -0.39 is 11.9 Å². The van der Waals surface area contributed by atoms with Gasteiger partial charge in [-0.05, 0) is 86.3 Å². The van der Waals surface area contributed by atoms with Crippen molar-refractivity contribution in [3.05, 3.63) is 97.8 Å². The molecule has 5 rings (SSSR count). The lowest BCUT2D eigenvalue weighted by Gasteiger charge is -2.26. The molecule has 1 atom stereocenters. The van der Waals surface area contributed by atoms with Gasteiger partial charge in [-0.2, -0.15) is 0 Å². The number of ketones is 1. The third-order valence-electron chi connectivity index (χ3n) is 6.92. The van der Waals surface area contributed by atoms with Crippen molar-refractivity contribution in [3.8, 4) is 11.5 Å². The molecule has 3 aromatic carbocycles. The number of halogens is 1. The van der Waals surface area contributed by atoms with Crippen molar-refractivity contribution < 1.29 is 23.5 Å². The number of benzene rings is 3. The number of carbonyl (C=O) groups excluding carboxylic acids is 2. The van der Waals surface area contributed by atoms with Gasteiger partial charge in [0.25, 0.3) is 5.91 Å². The molecule has 0 N–H and O–H groups in total. The van der Waals surface area contributed by atoms with Gasteiger partial charge in [0.05, 0.1) is 30.2 Å². The maximum atomic E-state index is 13.9. The van der Waals surface area contributed by atoms with Crippen LogP contribution >= 0.6 is 15.9 Å². The van der Waals surface area contributed by atoms with Gasteiger partial charge < -0.3 is 13.9 Å². The first-order valence-corrected chi connectivity index (χ1v) is 14.1. The molecular formula is C32H30BrNO6. The number of amides is 1. The molecule has 1 aromatic heterocycles. The van der Waals surface area contributed by atoms with E-state index in [-0.39, 0.29) is 22.5 Å². The number of fused-ring (bicyclic) bond motifs is 2. The van der Waals surface area contributed by atoms with Gasteiger partial charge in [-0.15, -0.1) is 0 Å². The van der Waals surface area contributed by atoms with Crippen molar-refractivity contribution in [2.45, 2.75) is 40.2 Å². The molecule has 1 amide bonds. The summed E-state index contributed by atoms with van der Waals surface area (Å²) in [7, 11) is 0. The average Bonchev–Trinajstić information content (AvgIpc) is 3.22. The standard InChI is InChI=1S/C32H30BrNO6/c1-5-38-27-16-21(8-12-26(27)39-15-14-18(2)3)29-28-30(36)24-17-22(33)9-13-25(24)40-31(28)32(37)34(29)23-10-6-20(7-11-23)19(4)35/h6-13,16-18,29H,5,14-15H2,1-4H3. The largest absolute Gasteiger partial charge is 0.490 e. The zero-order valence-corrected chi connectivity index (χ0v) is 24.4. The Labute approximate surface area is 240 Å². The molecule has 0 aliphatic carbocycles. The van der Waals surface area contributed by atoms with Gasteiger partial charge >= 0.3 is 0 Å². The van der Waals surface area contributed by atoms with Gasteiger partial charge in [0.1, 0.15) is 5.58 Å². The normalized spacial score (nSPS) is 14.6. The van der Waals surface area contributed by atoms with Gasteiger partial charge in [0, 0.05) is 15.7 Å². The first-order valence-electron chi connectivity index (χ1n) is 13.3. The van der Waals surface area contributed by atoms with Gasteiger partial charge in [0.2, 0.25) is 5.76 Å². The molecule has 0 spiro atoms. The van der Waals surface area contributed by atoms with E-state index in [1.165, 1.54) is 11.8 Å². The predicted molar refractivity (Wildman–Crippen MR) is 158 cm³/mol. The third-order valence-corrected chi connectivity index (χ3v) is 7.41. The summed E-state index contributed by atoms with van der Waals surface area (Å²) in [6.45, 7) is 8.61.